The van der Waals surface area contributed by atoms with Crippen LogP contribution in [0.25, 0.3) is 22.3 Å². The number of hydrogen-bond acceptors (Lipinski definition) is 1. The van der Waals surface area contributed by atoms with E-state index in [1.54, 1.807) is 18.3 Å². The first kappa shape index (κ1) is 10.3. The zero-order chi connectivity index (χ0) is 11.8. The Bertz CT molecular complexity index is 691. The summed E-state index contributed by atoms with van der Waals surface area (Å²) in [6, 6.07) is 10.00. The second kappa shape index (κ2) is 3.86. The van der Waals surface area contributed by atoms with Gasteiger partial charge in [0, 0.05) is 22.8 Å². The van der Waals surface area contributed by atoms with Crippen molar-refractivity contribution in [3.63, 3.8) is 0 Å². The van der Waals surface area contributed by atoms with Gasteiger partial charge in [-0.1, -0.05) is 23.7 Å². The molecule has 84 valence electrons. The molecule has 2 nitrogen and oxygen atoms in total. The van der Waals surface area contributed by atoms with E-state index < -0.39 is 0 Å². The van der Waals surface area contributed by atoms with Gasteiger partial charge in [0.2, 0.25) is 0 Å². The molecule has 0 aliphatic rings. The molecule has 0 saturated carbocycles. The minimum atomic E-state index is -0.264. The Hall–Kier alpha value is -1.87. The quantitative estimate of drug-likeness (QED) is 0.690. The van der Waals surface area contributed by atoms with Crippen molar-refractivity contribution < 1.29 is 4.39 Å². The summed E-state index contributed by atoms with van der Waals surface area (Å²) in [6.07, 6.45) is 1.64. The molecule has 0 atom stereocenters. The standard InChI is InChI=1S/C13H8ClFN2/c14-11-4-5-16-13-10(11)7-12(17-13)8-2-1-3-9(15)6-8/h1-7H,(H,16,17). The summed E-state index contributed by atoms with van der Waals surface area (Å²) in [5.41, 5.74) is 2.29. The largest absolute Gasteiger partial charge is 0.339 e. The van der Waals surface area contributed by atoms with Crippen LogP contribution in [0.15, 0.2) is 42.6 Å². The minimum Gasteiger partial charge on any atom is -0.339 e. The Morgan fingerprint density at radius 2 is 2.06 bits per heavy atom. The maximum absolute atomic E-state index is 13.1. The summed E-state index contributed by atoms with van der Waals surface area (Å²) in [4.78, 5) is 7.29. The Labute approximate surface area is 102 Å². The topological polar surface area (TPSA) is 28.7 Å². The van der Waals surface area contributed by atoms with Gasteiger partial charge in [-0.15, -0.1) is 0 Å². The number of aromatic nitrogens is 2. The molecule has 2 heterocycles. The summed E-state index contributed by atoms with van der Waals surface area (Å²) in [6.45, 7) is 0. The third-order valence-corrected chi connectivity index (χ3v) is 2.94. The first-order valence-corrected chi connectivity index (χ1v) is 5.51. The van der Waals surface area contributed by atoms with Crippen LogP contribution in [0.5, 0.6) is 0 Å². The molecule has 0 aliphatic heterocycles. The first-order valence-electron chi connectivity index (χ1n) is 5.13. The van der Waals surface area contributed by atoms with E-state index >= 15 is 0 Å². The minimum absolute atomic E-state index is 0.264. The molecule has 17 heavy (non-hydrogen) atoms. The van der Waals surface area contributed by atoms with Crippen molar-refractivity contribution >= 4 is 22.6 Å². The Morgan fingerprint density at radius 1 is 1.18 bits per heavy atom. The van der Waals surface area contributed by atoms with Gasteiger partial charge in [-0.05, 0) is 24.3 Å². The molecule has 0 unspecified atom stereocenters. The highest BCUT2D eigenvalue weighted by Crippen LogP contribution is 2.27. The highest BCUT2D eigenvalue weighted by molar-refractivity contribution is 6.35. The second-order valence-corrected chi connectivity index (χ2v) is 4.16. The van der Waals surface area contributed by atoms with Crippen molar-refractivity contribution in [1.29, 1.82) is 0 Å². The molecule has 0 saturated heterocycles. The zero-order valence-corrected chi connectivity index (χ0v) is 9.50. The summed E-state index contributed by atoms with van der Waals surface area (Å²) in [7, 11) is 0. The van der Waals surface area contributed by atoms with Crippen molar-refractivity contribution in [3.05, 3.63) is 53.4 Å². The molecular weight excluding hydrogens is 239 g/mol. The molecule has 1 aromatic carbocycles. The van der Waals surface area contributed by atoms with Gasteiger partial charge in [-0.3, -0.25) is 0 Å². The fourth-order valence-electron chi connectivity index (χ4n) is 1.81. The number of halogens is 2. The van der Waals surface area contributed by atoms with Gasteiger partial charge in [-0.2, -0.15) is 0 Å². The van der Waals surface area contributed by atoms with Crippen LogP contribution in [0.4, 0.5) is 4.39 Å². The molecular formula is C13H8ClFN2. The number of pyridine rings is 1. The number of hydrogen-bond donors (Lipinski definition) is 1. The lowest BCUT2D eigenvalue weighted by molar-refractivity contribution is 0.628. The SMILES string of the molecule is Fc1cccc(-c2cc3c(Cl)ccnc3[nH]2)c1. The summed E-state index contributed by atoms with van der Waals surface area (Å²) < 4.78 is 13.1. The van der Waals surface area contributed by atoms with E-state index in [-0.39, 0.29) is 5.82 Å². The summed E-state index contributed by atoms with van der Waals surface area (Å²) in [5.74, 6) is -0.264. The lowest BCUT2D eigenvalue weighted by Crippen LogP contribution is -1.79. The van der Waals surface area contributed by atoms with E-state index in [1.807, 2.05) is 12.1 Å². The smallest absolute Gasteiger partial charge is 0.139 e. The molecule has 3 rings (SSSR count). The maximum Gasteiger partial charge on any atom is 0.139 e. The maximum atomic E-state index is 13.1. The Morgan fingerprint density at radius 3 is 2.82 bits per heavy atom. The van der Waals surface area contributed by atoms with Crippen molar-refractivity contribution in [2.75, 3.05) is 0 Å². The normalized spacial score (nSPS) is 10.9. The van der Waals surface area contributed by atoms with Crippen LogP contribution in [-0.4, -0.2) is 9.97 Å². The number of nitrogens with zero attached hydrogens (tertiary/aromatic N) is 1. The lowest BCUT2D eigenvalue weighted by Gasteiger charge is -1.96. The molecule has 0 aliphatic carbocycles. The summed E-state index contributed by atoms with van der Waals surface area (Å²) in [5, 5.41) is 1.47. The fraction of sp³-hybridized carbons (Fsp3) is 0. The van der Waals surface area contributed by atoms with E-state index in [0.29, 0.717) is 10.7 Å². The Kier molecular flexibility index (Phi) is 2.34. The number of nitrogens with one attached hydrogen (secondary N) is 1. The van der Waals surface area contributed by atoms with E-state index in [9.17, 15) is 4.39 Å². The molecule has 0 amide bonds. The van der Waals surface area contributed by atoms with Crippen LogP contribution in [0.2, 0.25) is 5.02 Å². The number of benzene rings is 1. The van der Waals surface area contributed by atoms with Crippen molar-refractivity contribution in [2.45, 2.75) is 0 Å². The summed E-state index contributed by atoms with van der Waals surface area (Å²) >= 11 is 6.06. The average molecular weight is 247 g/mol. The van der Waals surface area contributed by atoms with Gasteiger partial charge >= 0.3 is 0 Å². The van der Waals surface area contributed by atoms with Crippen LogP contribution >= 0.6 is 11.6 Å². The van der Waals surface area contributed by atoms with Gasteiger partial charge in [0.1, 0.15) is 11.5 Å². The molecule has 0 bridgehead atoms. The van der Waals surface area contributed by atoms with E-state index in [1.165, 1.54) is 12.1 Å². The van der Waals surface area contributed by atoms with Crippen molar-refractivity contribution in [2.24, 2.45) is 0 Å². The molecule has 0 radical (unpaired) electrons. The predicted octanol–water partition coefficient (Wildman–Crippen LogP) is 4.02. The van der Waals surface area contributed by atoms with E-state index in [0.717, 1.165) is 16.6 Å². The lowest BCUT2D eigenvalue weighted by atomic mass is 10.1. The van der Waals surface area contributed by atoms with Crippen LogP contribution in [0.1, 0.15) is 0 Å². The van der Waals surface area contributed by atoms with Crippen LogP contribution in [0, 0.1) is 5.82 Å². The van der Waals surface area contributed by atoms with Crippen molar-refractivity contribution in [1.82, 2.24) is 9.97 Å². The third-order valence-electron chi connectivity index (χ3n) is 2.61. The van der Waals surface area contributed by atoms with E-state index in [4.69, 9.17) is 11.6 Å². The number of rotatable bonds is 1. The predicted molar refractivity (Wildman–Crippen MR) is 66.5 cm³/mol. The van der Waals surface area contributed by atoms with Gasteiger partial charge < -0.3 is 4.98 Å². The highest BCUT2D eigenvalue weighted by Gasteiger charge is 2.07. The molecule has 1 N–H and O–H groups in total. The van der Waals surface area contributed by atoms with Gasteiger partial charge in [0.25, 0.3) is 0 Å². The average Bonchev–Trinajstić information content (AvgIpc) is 2.74. The van der Waals surface area contributed by atoms with Gasteiger partial charge in [0.05, 0.1) is 5.02 Å². The third kappa shape index (κ3) is 1.78. The van der Waals surface area contributed by atoms with Crippen LogP contribution < -0.4 is 0 Å². The van der Waals surface area contributed by atoms with E-state index in [2.05, 4.69) is 9.97 Å². The molecule has 0 spiro atoms. The number of fused-ring (bicyclic) bond motifs is 1. The molecule has 2 aromatic heterocycles. The van der Waals surface area contributed by atoms with Crippen LogP contribution in [-0.2, 0) is 0 Å². The van der Waals surface area contributed by atoms with Crippen LogP contribution in [0.3, 0.4) is 0 Å². The monoisotopic (exact) mass is 246 g/mol. The molecule has 3 aromatic rings. The zero-order valence-electron chi connectivity index (χ0n) is 8.74. The van der Waals surface area contributed by atoms with Gasteiger partial charge in [0.15, 0.2) is 0 Å². The Balaban J connectivity index is 2.22. The molecule has 4 heteroatoms. The van der Waals surface area contributed by atoms with Crippen molar-refractivity contribution in [3.8, 4) is 11.3 Å². The first-order chi connectivity index (χ1) is 8.24. The highest BCUT2D eigenvalue weighted by atomic mass is 35.5. The second-order valence-electron chi connectivity index (χ2n) is 3.75. The molecule has 0 fully saturated rings. The number of H-pyrrole nitrogens is 1. The number of aromatic amines is 1. The van der Waals surface area contributed by atoms with Gasteiger partial charge in [-0.25, -0.2) is 9.37 Å². The fourth-order valence-corrected chi connectivity index (χ4v) is 2.01.